The molecule has 0 unspecified atom stereocenters. The van der Waals surface area contributed by atoms with Crippen molar-refractivity contribution < 1.29 is 9.53 Å². The number of rotatable bonds is 4. The van der Waals surface area contributed by atoms with Crippen molar-refractivity contribution in [2.45, 2.75) is 64.9 Å². The van der Waals surface area contributed by atoms with Gasteiger partial charge in [-0.25, -0.2) is 0 Å². The highest BCUT2D eigenvalue weighted by atomic mass is 16.5. The van der Waals surface area contributed by atoms with Crippen molar-refractivity contribution in [3.05, 3.63) is 35.4 Å². The Hall–Kier alpha value is -1.15. The van der Waals surface area contributed by atoms with E-state index < -0.39 is 5.60 Å². The van der Waals surface area contributed by atoms with Crippen LogP contribution in [0.3, 0.4) is 0 Å². The van der Waals surface area contributed by atoms with E-state index >= 15 is 0 Å². The predicted molar refractivity (Wildman–Crippen MR) is 86.9 cm³/mol. The smallest absolute Gasteiger partial charge is 0.194 e. The lowest BCUT2D eigenvalue weighted by molar-refractivity contribution is -0.0383. The molecule has 0 N–H and O–H groups in total. The van der Waals surface area contributed by atoms with Crippen LogP contribution in [0.15, 0.2) is 24.3 Å². The molecule has 0 aromatic heterocycles. The molecule has 2 heteroatoms. The van der Waals surface area contributed by atoms with Crippen LogP contribution in [0.4, 0.5) is 0 Å². The Morgan fingerprint density at radius 2 is 1.57 bits per heavy atom. The van der Waals surface area contributed by atoms with Gasteiger partial charge in [-0.05, 0) is 42.6 Å². The minimum Gasteiger partial charge on any atom is -0.370 e. The summed E-state index contributed by atoms with van der Waals surface area (Å²) < 4.78 is 5.72. The third-order valence-electron chi connectivity index (χ3n) is 5.06. The zero-order valence-corrected chi connectivity index (χ0v) is 14.0. The molecule has 0 radical (unpaired) electrons. The second kappa shape index (κ2) is 5.92. The third-order valence-corrected chi connectivity index (χ3v) is 5.06. The Morgan fingerprint density at radius 1 is 1.05 bits per heavy atom. The van der Waals surface area contributed by atoms with E-state index in [0.717, 1.165) is 31.2 Å². The number of carbonyl (C=O) groups is 1. The van der Waals surface area contributed by atoms with Crippen molar-refractivity contribution in [3.63, 3.8) is 0 Å². The first kappa shape index (κ1) is 16.2. The van der Waals surface area contributed by atoms with Gasteiger partial charge in [-0.2, -0.15) is 0 Å². The first-order valence-corrected chi connectivity index (χ1v) is 8.00. The number of Topliss-reactive ketones (excluding diaryl/α,β-unsaturated/α-hetero) is 1. The highest BCUT2D eigenvalue weighted by molar-refractivity contribution is 6.02. The van der Waals surface area contributed by atoms with Crippen LogP contribution in [-0.4, -0.2) is 18.5 Å². The van der Waals surface area contributed by atoms with Gasteiger partial charge in [-0.1, -0.05) is 52.0 Å². The fourth-order valence-corrected chi connectivity index (χ4v) is 3.14. The van der Waals surface area contributed by atoms with Crippen molar-refractivity contribution >= 4 is 5.78 Å². The van der Waals surface area contributed by atoms with Gasteiger partial charge in [0.2, 0.25) is 0 Å². The van der Waals surface area contributed by atoms with Crippen molar-refractivity contribution in [2.24, 2.45) is 5.41 Å². The van der Waals surface area contributed by atoms with E-state index in [2.05, 4.69) is 39.8 Å². The number of carbonyl (C=O) groups excluding carboxylic acids is 1. The first-order chi connectivity index (χ1) is 9.80. The van der Waals surface area contributed by atoms with Crippen molar-refractivity contribution in [1.82, 2.24) is 0 Å². The lowest BCUT2D eigenvalue weighted by atomic mass is 9.68. The summed E-state index contributed by atoms with van der Waals surface area (Å²) >= 11 is 0. The van der Waals surface area contributed by atoms with E-state index in [9.17, 15) is 4.79 Å². The average molecular weight is 288 g/mol. The van der Waals surface area contributed by atoms with Gasteiger partial charge >= 0.3 is 0 Å². The van der Waals surface area contributed by atoms with Gasteiger partial charge in [0.15, 0.2) is 5.78 Å². The largest absolute Gasteiger partial charge is 0.370 e. The van der Waals surface area contributed by atoms with Gasteiger partial charge in [0.1, 0.15) is 5.60 Å². The van der Waals surface area contributed by atoms with Crippen LogP contribution in [0.5, 0.6) is 0 Å². The topological polar surface area (TPSA) is 26.3 Å². The Labute approximate surface area is 128 Å². The van der Waals surface area contributed by atoms with Crippen LogP contribution < -0.4 is 0 Å². The van der Waals surface area contributed by atoms with Crippen molar-refractivity contribution in [1.29, 1.82) is 0 Å². The maximum atomic E-state index is 12.9. The molecule has 0 atom stereocenters. The lowest BCUT2D eigenvalue weighted by Crippen LogP contribution is -2.45. The molecule has 0 amide bonds. The predicted octanol–water partition coefficient (Wildman–Crippen LogP) is 4.98. The molecule has 1 fully saturated rings. The standard InChI is InChI=1S/C19H28O2/c1-14(2)15-6-8-16(9-7-15)17(20)19(21-5)12-10-18(3,4)11-13-19/h6-9,14H,10-13H2,1-5H3. The lowest BCUT2D eigenvalue weighted by Gasteiger charge is -2.41. The number of methoxy groups -OCH3 is 1. The van der Waals surface area contributed by atoms with Crippen LogP contribution in [0.1, 0.15) is 75.2 Å². The zero-order valence-electron chi connectivity index (χ0n) is 14.0. The summed E-state index contributed by atoms with van der Waals surface area (Å²) in [5.41, 5.74) is 1.75. The van der Waals surface area contributed by atoms with E-state index in [4.69, 9.17) is 4.74 Å². The molecule has 0 heterocycles. The SMILES string of the molecule is COC1(C(=O)c2ccc(C(C)C)cc2)CCC(C)(C)CC1. The van der Waals surface area contributed by atoms with E-state index in [1.54, 1.807) is 7.11 Å². The average Bonchev–Trinajstić information content (AvgIpc) is 2.47. The molecule has 2 rings (SSSR count). The van der Waals surface area contributed by atoms with Crippen molar-refractivity contribution in [2.75, 3.05) is 7.11 Å². The van der Waals surface area contributed by atoms with Crippen LogP contribution in [0, 0.1) is 5.41 Å². The molecule has 2 nitrogen and oxygen atoms in total. The molecule has 0 saturated heterocycles. The minimum absolute atomic E-state index is 0.149. The Kier molecular flexibility index (Phi) is 4.57. The van der Waals surface area contributed by atoms with Crippen LogP contribution in [0.25, 0.3) is 0 Å². The Balaban J connectivity index is 2.21. The van der Waals surface area contributed by atoms with Gasteiger partial charge in [-0.3, -0.25) is 4.79 Å². The molecule has 21 heavy (non-hydrogen) atoms. The van der Waals surface area contributed by atoms with Gasteiger partial charge in [0, 0.05) is 12.7 Å². The van der Waals surface area contributed by atoms with E-state index in [0.29, 0.717) is 11.3 Å². The molecule has 1 saturated carbocycles. The second-order valence-corrected chi connectivity index (χ2v) is 7.47. The molecule has 116 valence electrons. The number of ketones is 1. The quantitative estimate of drug-likeness (QED) is 0.730. The summed E-state index contributed by atoms with van der Waals surface area (Å²) in [4.78, 5) is 12.9. The highest BCUT2D eigenvalue weighted by Crippen LogP contribution is 2.43. The molecular formula is C19H28O2. The first-order valence-electron chi connectivity index (χ1n) is 8.00. The molecule has 1 aliphatic rings. The maximum absolute atomic E-state index is 12.9. The summed E-state index contributed by atoms with van der Waals surface area (Å²) in [6.07, 6.45) is 3.72. The second-order valence-electron chi connectivity index (χ2n) is 7.47. The van der Waals surface area contributed by atoms with Crippen LogP contribution in [0.2, 0.25) is 0 Å². The van der Waals surface area contributed by atoms with E-state index in [1.807, 2.05) is 12.1 Å². The van der Waals surface area contributed by atoms with Crippen molar-refractivity contribution in [3.8, 4) is 0 Å². The van der Waals surface area contributed by atoms with Gasteiger partial charge < -0.3 is 4.74 Å². The maximum Gasteiger partial charge on any atom is 0.194 e. The number of ether oxygens (including phenoxy) is 1. The van der Waals surface area contributed by atoms with Gasteiger partial charge in [0.05, 0.1) is 0 Å². The summed E-state index contributed by atoms with van der Waals surface area (Å²) in [5, 5.41) is 0. The zero-order chi connectivity index (χ0) is 15.7. The molecule has 1 aromatic carbocycles. The summed E-state index contributed by atoms with van der Waals surface area (Å²) in [6.45, 7) is 8.87. The summed E-state index contributed by atoms with van der Waals surface area (Å²) in [6, 6.07) is 8.04. The molecule has 0 bridgehead atoms. The Morgan fingerprint density at radius 3 is 2.00 bits per heavy atom. The van der Waals surface area contributed by atoms with Gasteiger partial charge in [0.25, 0.3) is 0 Å². The fourth-order valence-electron chi connectivity index (χ4n) is 3.14. The number of benzene rings is 1. The number of hydrogen-bond donors (Lipinski definition) is 0. The number of hydrogen-bond acceptors (Lipinski definition) is 2. The van der Waals surface area contributed by atoms with Gasteiger partial charge in [-0.15, -0.1) is 0 Å². The molecule has 0 aliphatic heterocycles. The molecule has 1 aliphatic carbocycles. The third kappa shape index (κ3) is 3.37. The molecular weight excluding hydrogens is 260 g/mol. The van der Waals surface area contributed by atoms with Crippen LogP contribution >= 0.6 is 0 Å². The fraction of sp³-hybridized carbons (Fsp3) is 0.632. The summed E-state index contributed by atoms with van der Waals surface area (Å²) in [5.74, 6) is 0.636. The normalized spacial score (nSPS) is 20.5. The van der Waals surface area contributed by atoms with Crippen LogP contribution in [-0.2, 0) is 4.74 Å². The summed E-state index contributed by atoms with van der Waals surface area (Å²) in [7, 11) is 1.68. The monoisotopic (exact) mass is 288 g/mol. The Bertz CT molecular complexity index is 487. The van der Waals surface area contributed by atoms with E-state index in [1.165, 1.54) is 5.56 Å². The van der Waals surface area contributed by atoms with E-state index in [-0.39, 0.29) is 5.78 Å². The molecule has 1 aromatic rings. The highest BCUT2D eigenvalue weighted by Gasteiger charge is 2.44. The molecule has 0 spiro atoms. The minimum atomic E-state index is -0.616.